The third-order valence-electron chi connectivity index (χ3n) is 3.19. The van der Waals surface area contributed by atoms with E-state index in [9.17, 15) is 13.2 Å². The number of fused-ring (bicyclic) bond motifs is 1. The molecule has 9 heteroatoms. The number of hydrogen-bond donors (Lipinski definition) is 0. The van der Waals surface area contributed by atoms with Gasteiger partial charge in [-0.3, -0.25) is 4.57 Å². The standard InChI is InChI=1S/C14H11F3N4O2/c1-22-10-4-3-8(5-11(10)23-2)21-7-19-9-6-18-13(14(15,16)17)20-12(9)21/h3-7H,1-2H3. The normalized spacial score (nSPS) is 11.7. The summed E-state index contributed by atoms with van der Waals surface area (Å²) in [6.45, 7) is 0. The molecular weight excluding hydrogens is 313 g/mol. The number of methoxy groups -OCH3 is 2. The zero-order valence-corrected chi connectivity index (χ0v) is 12.1. The highest BCUT2D eigenvalue weighted by Crippen LogP contribution is 2.31. The first-order chi connectivity index (χ1) is 10.9. The van der Waals surface area contributed by atoms with Crippen molar-refractivity contribution >= 4 is 11.2 Å². The fraction of sp³-hybridized carbons (Fsp3) is 0.214. The Kier molecular flexibility index (Phi) is 3.55. The van der Waals surface area contributed by atoms with Crippen molar-refractivity contribution in [1.82, 2.24) is 19.5 Å². The summed E-state index contributed by atoms with van der Waals surface area (Å²) in [6.07, 6.45) is -2.20. The summed E-state index contributed by atoms with van der Waals surface area (Å²) in [6, 6.07) is 4.93. The summed E-state index contributed by atoms with van der Waals surface area (Å²) >= 11 is 0. The summed E-state index contributed by atoms with van der Waals surface area (Å²) in [5, 5.41) is 0. The lowest BCUT2D eigenvalue weighted by Crippen LogP contribution is -2.11. The zero-order valence-electron chi connectivity index (χ0n) is 12.1. The van der Waals surface area contributed by atoms with E-state index in [-0.39, 0.29) is 11.2 Å². The van der Waals surface area contributed by atoms with E-state index in [1.165, 1.54) is 25.1 Å². The summed E-state index contributed by atoms with van der Waals surface area (Å²) in [5.41, 5.74) is 0.851. The van der Waals surface area contributed by atoms with E-state index in [0.29, 0.717) is 17.2 Å². The van der Waals surface area contributed by atoms with Gasteiger partial charge in [-0.05, 0) is 12.1 Å². The molecule has 6 nitrogen and oxygen atoms in total. The molecule has 2 heterocycles. The van der Waals surface area contributed by atoms with Crippen LogP contribution in [0.5, 0.6) is 11.5 Å². The maximum atomic E-state index is 12.8. The summed E-state index contributed by atoms with van der Waals surface area (Å²) in [5.74, 6) is -0.268. The lowest BCUT2D eigenvalue weighted by atomic mass is 10.2. The zero-order chi connectivity index (χ0) is 16.6. The van der Waals surface area contributed by atoms with Gasteiger partial charge >= 0.3 is 6.18 Å². The Labute approximate surface area is 128 Å². The van der Waals surface area contributed by atoms with Crippen LogP contribution < -0.4 is 9.47 Å². The predicted molar refractivity (Wildman–Crippen MR) is 74.8 cm³/mol. The molecule has 2 aromatic heterocycles. The largest absolute Gasteiger partial charge is 0.493 e. The number of hydrogen-bond acceptors (Lipinski definition) is 5. The third-order valence-corrected chi connectivity index (χ3v) is 3.19. The molecule has 120 valence electrons. The highest BCUT2D eigenvalue weighted by molar-refractivity contribution is 5.72. The van der Waals surface area contributed by atoms with Crippen molar-refractivity contribution in [2.24, 2.45) is 0 Å². The Balaban J connectivity index is 2.16. The van der Waals surface area contributed by atoms with Gasteiger partial charge in [-0.1, -0.05) is 0 Å². The fourth-order valence-electron chi connectivity index (χ4n) is 2.11. The topological polar surface area (TPSA) is 62.1 Å². The van der Waals surface area contributed by atoms with Gasteiger partial charge in [0.05, 0.1) is 26.1 Å². The number of alkyl halides is 3. The number of imidazole rings is 1. The minimum atomic E-state index is -4.62. The van der Waals surface area contributed by atoms with E-state index in [1.807, 2.05) is 0 Å². The van der Waals surface area contributed by atoms with E-state index in [2.05, 4.69) is 15.0 Å². The number of aromatic nitrogens is 4. The van der Waals surface area contributed by atoms with Crippen LogP contribution in [0.15, 0.2) is 30.7 Å². The first-order valence-corrected chi connectivity index (χ1v) is 6.43. The van der Waals surface area contributed by atoms with Gasteiger partial charge in [0.15, 0.2) is 17.1 Å². The fourth-order valence-corrected chi connectivity index (χ4v) is 2.11. The minimum absolute atomic E-state index is 0.0551. The maximum Gasteiger partial charge on any atom is 0.451 e. The third kappa shape index (κ3) is 2.65. The molecular formula is C14H11F3N4O2. The lowest BCUT2D eigenvalue weighted by molar-refractivity contribution is -0.144. The van der Waals surface area contributed by atoms with Crippen molar-refractivity contribution in [2.75, 3.05) is 14.2 Å². The lowest BCUT2D eigenvalue weighted by Gasteiger charge is -2.10. The van der Waals surface area contributed by atoms with Gasteiger partial charge in [0.2, 0.25) is 5.82 Å². The van der Waals surface area contributed by atoms with Crippen LogP contribution in [-0.4, -0.2) is 33.7 Å². The Morgan fingerprint density at radius 2 is 1.78 bits per heavy atom. The molecule has 0 spiro atoms. The number of rotatable bonds is 3. The summed E-state index contributed by atoms with van der Waals surface area (Å²) in [7, 11) is 2.96. The molecule has 3 aromatic rings. The van der Waals surface area contributed by atoms with E-state index in [4.69, 9.17) is 9.47 Å². The second-order valence-corrected chi connectivity index (χ2v) is 4.55. The SMILES string of the molecule is COc1ccc(-n2cnc3cnc(C(F)(F)F)nc32)cc1OC. The Morgan fingerprint density at radius 1 is 1.04 bits per heavy atom. The van der Waals surface area contributed by atoms with Crippen LogP contribution in [-0.2, 0) is 6.18 Å². The summed E-state index contributed by atoms with van der Waals surface area (Å²) < 4.78 is 50.1. The van der Waals surface area contributed by atoms with Gasteiger partial charge in [0.25, 0.3) is 0 Å². The molecule has 0 amide bonds. The number of ether oxygens (including phenoxy) is 2. The molecule has 0 saturated heterocycles. The number of nitrogens with zero attached hydrogens (tertiary/aromatic N) is 4. The molecule has 0 fully saturated rings. The Morgan fingerprint density at radius 3 is 2.43 bits per heavy atom. The van der Waals surface area contributed by atoms with Crippen molar-refractivity contribution in [2.45, 2.75) is 6.18 Å². The molecule has 0 aliphatic heterocycles. The van der Waals surface area contributed by atoms with Gasteiger partial charge in [-0.2, -0.15) is 13.2 Å². The van der Waals surface area contributed by atoms with Gasteiger partial charge in [0.1, 0.15) is 11.8 Å². The quantitative estimate of drug-likeness (QED) is 0.741. The molecule has 0 aliphatic carbocycles. The molecule has 23 heavy (non-hydrogen) atoms. The highest BCUT2D eigenvalue weighted by Gasteiger charge is 2.35. The molecule has 0 unspecified atom stereocenters. The van der Waals surface area contributed by atoms with Crippen LogP contribution in [0, 0.1) is 0 Å². The molecule has 0 saturated carbocycles. The maximum absolute atomic E-state index is 12.8. The van der Waals surface area contributed by atoms with E-state index in [1.54, 1.807) is 18.2 Å². The second kappa shape index (κ2) is 5.41. The molecule has 0 atom stereocenters. The van der Waals surface area contributed by atoms with Crippen LogP contribution in [0.2, 0.25) is 0 Å². The van der Waals surface area contributed by atoms with E-state index < -0.39 is 12.0 Å². The molecule has 0 N–H and O–H groups in total. The van der Waals surface area contributed by atoms with E-state index in [0.717, 1.165) is 6.20 Å². The summed E-state index contributed by atoms with van der Waals surface area (Å²) in [4.78, 5) is 10.9. The van der Waals surface area contributed by atoms with Crippen LogP contribution >= 0.6 is 0 Å². The van der Waals surface area contributed by atoms with Crippen molar-refractivity contribution in [3.05, 3.63) is 36.5 Å². The van der Waals surface area contributed by atoms with Gasteiger partial charge in [0, 0.05) is 6.07 Å². The van der Waals surface area contributed by atoms with Gasteiger partial charge < -0.3 is 9.47 Å². The van der Waals surface area contributed by atoms with Gasteiger partial charge in [-0.15, -0.1) is 0 Å². The van der Waals surface area contributed by atoms with Crippen LogP contribution in [0.25, 0.3) is 16.9 Å². The second-order valence-electron chi connectivity index (χ2n) is 4.55. The molecule has 1 aromatic carbocycles. The molecule has 0 radical (unpaired) electrons. The first-order valence-electron chi connectivity index (χ1n) is 6.43. The molecule has 0 bridgehead atoms. The van der Waals surface area contributed by atoms with Crippen molar-refractivity contribution in [3.8, 4) is 17.2 Å². The van der Waals surface area contributed by atoms with Crippen LogP contribution in [0.3, 0.4) is 0 Å². The van der Waals surface area contributed by atoms with Crippen molar-refractivity contribution in [3.63, 3.8) is 0 Å². The average molecular weight is 324 g/mol. The average Bonchev–Trinajstić information content (AvgIpc) is 2.96. The highest BCUT2D eigenvalue weighted by atomic mass is 19.4. The van der Waals surface area contributed by atoms with Crippen LogP contribution in [0.1, 0.15) is 5.82 Å². The Hall–Kier alpha value is -2.84. The van der Waals surface area contributed by atoms with Crippen molar-refractivity contribution in [1.29, 1.82) is 0 Å². The van der Waals surface area contributed by atoms with Crippen molar-refractivity contribution < 1.29 is 22.6 Å². The predicted octanol–water partition coefficient (Wildman–Crippen LogP) is 2.85. The molecule has 0 aliphatic rings. The first kappa shape index (κ1) is 15.1. The number of benzene rings is 1. The molecule has 3 rings (SSSR count). The van der Waals surface area contributed by atoms with E-state index >= 15 is 0 Å². The smallest absolute Gasteiger partial charge is 0.451 e. The van der Waals surface area contributed by atoms with Crippen LogP contribution in [0.4, 0.5) is 13.2 Å². The van der Waals surface area contributed by atoms with Gasteiger partial charge in [-0.25, -0.2) is 15.0 Å². The number of halogens is 3. The Bertz CT molecular complexity index is 861. The minimum Gasteiger partial charge on any atom is -0.493 e. The monoisotopic (exact) mass is 324 g/mol.